The molecule has 0 unspecified atom stereocenters. The Morgan fingerprint density at radius 2 is 1.95 bits per heavy atom. The summed E-state index contributed by atoms with van der Waals surface area (Å²) >= 11 is 0. The van der Waals surface area contributed by atoms with Gasteiger partial charge in [0.25, 0.3) is 6.43 Å². The summed E-state index contributed by atoms with van der Waals surface area (Å²) in [6, 6.07) is 2.30. The summed E-state index contributed by atoms with van der Waals surface area (Å²) in [5.74, 6) is -0.494. The highest BCUT2D eigenvalue weighted by Gasteiger charge is 2.19. The van der Waals surface area contributed by atoms with E-state index in [2.05, 4.69) is 5.32 Å². The molecule has 1 aromatic carbocycles. The zero-order valence-corrected chi connectivity index (χ0v) is 12.7. The largest absolute Gasteiger partial charge is 0.313 e. The normalized spacial score (nSPS) is 12.1. The van der Waals surface area contributed by atoms with E-state index in [0.29, 0.717) is 6.54 Å². The van der Waals surface area contributed by atoms with Gasteiger partial charge in [-0.15, -0.1) is 0 Å². The van der Waals surface area contributed by atoms with E-state index < -0.39 is 28.8 Å². The molecular formula is C13H19F3N2O2S. The van der Waals surface area contributed by atoms with Gasteiger partial charge >= 0.3 is 0 Å². The molecule has 0 heterocycles. The maximum absolute atomic E-state index is 13.9. The summed E-state index contributed by atoms with van der Waals surface area (Å²) < 4.78 is 63.7. The van der Waals surface area contributed by atoms with E-state index in [4.69, 9.17) is 0 Å². The van der Waals surface area contributed by atoms with Crippen molar-refractivity contribution in [3.63, 3.8) is 0 Å². The summed E-state index contributed by atoms with van der Waals surface area (Å²) in [5.41, 5.74) is 0.351. The fourth-order valence-electron chi connectivity index (χ4n) is 1.75. The number of aryl methyl sites for hydroxylation is 1. The monoisotopic (exact) mass is 324 g/mol. The molecular weight excluding hydrogens is 305 g/mol. The summed E-state index contributed by atoms with van der Waals surface area (Å²) in [5, 5.41) is 2.97. The highest BCUT2D eigenvalue weighted by atomic mass is 32.2. The van der Waals surface area contributed by atoms with Crippen molar-refractivity contribution in [2.24, 2.45) is 0 Å². The van der Waals surface area contributed by atoms with Crippen molar-refractivity contribution < 1.29 is 21.6 Å². The molecule has 4 nitrogen and oxygen atoms in total. The van der Waals surface area contributed by atoms with E-state index in [0.717, 1.165) is 12.5 Å². The third kappa shape index (κ3) is 5.29. The van der Waals surface area contributed by atoms with Crippen LogP contribution in [-0.2, 0) is 16.6 Å². The summed E-state index contributed by atoms with van der Waals surface area (Å²) in [6.07, 6.45) is -1.93. The Balaban J connectivity index is 3.02. The zero-order valence-electron chi connectivity index (χ0n) is 11.9. The van der Waals surface area contributed by atoms with Crippen LogP contribution in [0.5, 0.6) is 0 Å². The van der Waals surface area contributed by atoms with Crippen LogP contribution >= 0.6 is 0 Å². The lowest BCUT2D eigenvalue weighted by molar-refractivity contribution is 0.153. The number of sulfonamides is 1. The molecule has 0 aliphatic carbocycles. The van der Waals surface area contributed by atoms with Gasteiger partial charge in [-0.1, -0.05) is 6.92 Å². The molecule has 0 bridgehead atoms. The SMILES string of the molecule is CCCNCc1cc(S(=O)(=O)NCC(F)F)cc(C)c1F. The highest BCUT2D eigenvalue weighted by Crippen LogP contribution is 2.19. The zero-order chi connectivity index (χ0) is 16.0. The Bertz CT molecular complexity index is 577. The van der Waals surface area contributed by atoms with Gasteiger partial charge in [0.05, 0.1) is 11.4 Å². The van der Waals surface area contributed by atoms with Crippen LogP contribution < -0.4 is 10.0 Å². The second-order valence-electron chi connectivity index (χ2n) is 4.63. The third-order valence-corrected chi connectivity index (χ3v) is 4.19. The Morgan fingerprint density at radius 3 is 2.52 bits per heavy atom. The molecule has 2 N–H and O–H groups in total. The quantitative estimate of drug-likeness (QED) is 0.721. The first-order valence-corrected chi connectivity index (χ1v) is 8.03. The van der Waals surface area contributed by atoms with Crippen LogP contribution in [0.1, 0.15) is 24.5 Å². The van der Waals surface area contributed by atoms with Gasteiger partial charge in [-0.05, 0) is 37.6 Å². The lowest BCUT2D eigenvalue weighted by atomic mass is 10.1. The van der Waals surface area contributed by atoms with E-state index >= 15 is 0 Å². The van der Waals surface area contributed by atoms with E-state index in [1.54, 1.807) is 4.72 Å². The lowest BCUT2D eigenvalue weighted by Crippen LogP contribution is -2.29. The number of benzene rings is 1. The minimum absolute atomic E-state index is 0.156. The molecule has 0 saturated carbocycles. The fourth-order valence-corrected chi connectivity index (χ4v) is 2.89. The molecule has 0 amide bonds. The van der Waals surface area contributed by atoms with Gasteiger partial charge in [0, 0.05) is 12.1 Å². The third-order valence-electron chi connectivity index (χ3n) is 2.78. The molecule has 0 atom stereocenters. The smallest absolute Gasteiger partial charge is 0.251 e. The van der Waals surface area contributed by atoms with Crippen LogP contribution in [0.4, 0.5) is 13.2 Å². The molecule has 0 aromatic heterocycles. The second kappa shape index (κ2) is 7.77. The molecule has 21 heavy (non-hydrogen) atoms. The Morgan fingerprint density at radius 1 is 1.29 bits per heavy atom. The van der Waals surface area contributed by atoms with Gasteiger partial charge in [-0.25, -0.2) is 26.3 Å². The number of hydrogen-bond donors (Lipinski definition) is 2. The first-order valence-electron chi connectivity index (χ1n) is 6.55. The van der Waals surface area contributed by atoms with Crippen LogP contribution in [-0.4, -0.2) is 27.9 Å². The van der Waals surface area contributed by atoms with Gasteiger partial charge in [-0.2, -0.15) is 0 Å². The molecule has 0 aliphatic heterocycles. The predicted octanol–water partition coefficient (Wildman–Crippen LogP) is 2.18. The lowest BCUT2D eigenvalue weighted by Gasteiger charge is -2.12. The van der Waals surface area contributed by atoms with Crippen molar-refractivity contribution in [2.75, 3.05) is 13.1 Å². The molecule has 0 spiro atoms. The molecule has 0 saturated heterocycles. The van der Waals surface area contributed by atoms with Gasteiger partial charge in [-0.3, -0.25) is 0 Å². The molecule has 0 fully saturated rings. The number of alkyl halides is 2. The van der Waals surface area contributed by atoms with Crippen LogP contribution in [0.15, 0.2) is 17.0 Å². The second-order valence-corrected chi connectivity index (χ2v) is 6.40. The molecule has 0 aliphatic rings. The predicted molar refractivity (Wildman–Crippen MR) is 74.3 cm³/mol. The molecule has 120 valence electrons. The number of nitrogens with one attached hydrogen (secondary N) is 2. The number of hydrogen-bond acceptors (Lipinski definition) is 3. The van der Waals surface area contributed by atoms with E-state index in [1.807, 2.05) is 6.92 Å². The van der Waals surface area contributed by atoms with E-state index in [1.165, 1.54) is 13.0 Å². The van der Waals surface area contributed by atoms with Crippen molar-refractivity contribution in [1.29, 1.82) is 0 Å². The Hall–Kier alpha value is -1.12. The van der Waals surface area contributed by atoms with Crippen LogP contribution in [0.25, 0.3) is 0 Å². The van der Waals surface area contributed by atoms with Crippen molar-refractivity contribution >= 4 is 10.0 Å². The average molecular weight is 324 g/mol. The standard InChI is InChI=1S/C13H19F3N2O2S/c1-3-4-17-7-10-6-11(5-9(2)13(10)16)21(19,20)18-8-12(14)15/h5-6,12,17-18H,3-4,7-8H2,1-2H3. The minimum Gasteiger partial charge on any atom is -0.313 e. The van der Waals surface area contributed by atoms with Crippen molar-refractivity contribution in [2.45, 2.75) is 38.1 Å². The van der Waals surface area contributed by atoms with Gasteiger partial charge in [0.2, 0.25) is 10.0 Å². The molecule has 0 radical (unpaired) electrons. The van der Waals surface area contributed by atoms with Gasteiger partial charge < -0.3 is 5.32 Å². The van der Waals surface area contributed by atoms with Crippen molar-refractivity contribution in [3.05, 3.63) is 29.1 Å². The first-order chi connectivity index (χ1) is 9.77. The summed E-state index contributed by atoms with van der Waals surface area (Å²) in [4.78, 5) is -0.213. The van der Waals surface area contributed by atoms with Crippen LogP contribution in [0.2, 0.25) is 0 Å². The van der Waals surface area contributed by atoms with Gasteiger partial charge in [0.15, 0.2) is 0 Å². The summed E-state index contributed by atoms with van der Waals surface area (Å²) in [7, 11) is -4.07. The van der Waals surface area contributed by atoms with Crippen LogP contribution in [0.3, 0.4) is 0 Å². The fraction of sp³-hybridized carbons (Fsp3) is 0.538. The minimum atomic E-state index is -4.07. The van der Waals surface area contributed by atoms with Crippen molar-refractivity contribution in [1.82, 2.24) is 10.0 Å². The number of halogens is 3. The van der Waals surface area contributed by atoms with E-state index in [-0.39, 0.29) is 22.6 Å². The highest BCUT2D eigenvalue weighted by molar-refractivity contribution is 7.89. The summed E-state index contributed by atoms with van der Waals surface area (Å²) in [6.45, 7) is 3.26. The first kappa shape index (κ1) is 17.9. The maximum atomic E-state index is 13.9. The molecule has 1 rings (SSSR count). The van der Waals surface area contributed by atoms with E-state index in [9.17, 15) is 21.6 Å². The topological polar surface area (TPSA) is 58.2 Å². The maximum Gasteiger partial charge on any atom is 0.251 e. The number of rotatable bonds is 8. The molecule has 8 heteroatoms. The van der Waals surface area contributed by atoms with Crippen molar-refractivity contribution in [3.8, 4) is 0 Å². The average Bonchev–Trinajstić information content (AvgIpc) is 2.41. The Kier molecular flexibility index (Phi) is 6.63. The molecule has 1 aromatic rings. The van der Waals surface area contributed by atoms with Crippen LogP contribution in [0, 0.1) is 12.7 Å². The Labute approximate surface area is 122 Å². The van der Waals surface area contributed by atoms with Gasteiger partial charge in [0.1, 0.15) is 5.82 Å².